The number of fused-ring (bicyclic) bond motifs is 1. The molecule has 0 unspecified atom stereocenters. The third kappa shape index (κ3) is 2.95. The molecule has 1 saturated heterocycles. The molecule has 4 heteroatoms. The Labute approximate surface area is 125 Å². The second kappa shape index (κ2) is 5.90. The van der Waals surface area contributed by atoms with Gasteiger partial charge < -0.3 is 15.2 Å². The predicted molar refractivity (Wildman–Crippen MR) is 86.7 cm³/mol. The van der Waals surface area contributed by atoms with Crippen LogP contribution in [-0.4, -0.2) is 35.9 Å². The summed E-state index contributed by atoms with van der Waals surface area (Å²) in [6.45, 7) is 4.18. The van der Waals surface area contributed by atoms with E-state index >= 15 is 0 Å². The number of nitrogens with one attached hydrogen (secondary N) is 2. The molecule has 0 saturated carbocycles. The SMILES string of the molecule is CCC(=O)Nc1ccc2[nH]cc(C3CCN(C)CC3)c2c1. The van der Waals surface area contributed by atoms with E-state index in [9.17, 15) is 4.79 Å². The minimum atomic E-state index is 0.0609. The average molecular weight is 285 g/mol. The first-order valence-electron chi connectivity index (χ1n) is 7.77. The van der Waals surface area contributed by atoms with Crippen molar-refractivity contribution in [2.75, 3.05) is 25.5 Å². The average Bonchev–Trinajstić information content (AvgIpc) is 2.91. The van der Waals surface area contributed by atoms with Gasteiger partial charge in [-0.3, -0.25) is 4.79 Å². The van der Waals surface area contributed by atoms with Crippen molar-refractivity contribution >= 4 is 22.5 Å². The number of amides is 1. The summed E-state index contributed by atoms with van der Waals surface area (Å²) in [6, 6.07) is 6.12. The fourth-order valence-corrected chi connectivity index (χ4v) is 3.13. The van der Waals surface area contributed by atoms with Crippen molar-refractivity contribution in [3.63, 3.8) is 0 Å². The minimum absolute atomic E-state index is 0.0609. The molecule has 1 aliphatic heterocycles. The lowest BCUT2D eigenvalue weighted by Crippen LogP contribution is -2.29. The van der Waals surface area contributed by atoms with Crippen molar-refractivity contribution in [1.82, 2.24) is 9.88 Å². The smallest absolute Gasteiger partial charge is 0.224 e. The Morgan fingerprint density at radius 2 is 2.14 bits per heavy atom. The molecular formula is C17H23N3O. The number of carbonyl (C=O) groups excluding carboxylic acids is 1. The van der Waals surface area contributed by atoms with Gasteiger partial charge in [0.1, 0.15) is 0 Å². The number of aromatic amines is 1. The lowest BCUT2D eigenvalue weighted by atomic mass is 9.89. The summed E-state index contributed by atoms with van der Waals surface area (Å²) < 4.78 is 0. The van der Waals surface area contributed by atoms with Gasteiger partial charge in [-0.1, -0.05) is 6.92 Å². The Kier molecular flexibility index (Phi) is 3.97. The Hall–Kier alpha value is -1.81. The number of benzene rings is 1. The van der Waals surface area contributed by atoms with E-state index in [0.717, 1.165) is 24.3 Å². The van der Waals surface area contributed by atoms with Crippen LogP contribution < -0.4 is 5.32 Å². The quantitative estimate of drug-likeness (QED) is 0.908. The van der Waals surface area contributed by atoms with Crippen molar-refractivity contribution in [2.24, 2.45) is 0 Å². The molecule has 1 fully saturated rings. The van der Waals surface area contributed by atoms with Gasteiger partial charge in [0, 0.05) is 29.2 Å². The van der Waals surface area contributed by atoms with Crippen LogP contribution in [-0.2, 0) is 4.79 Å². The summed E-state index contributed by atoms with van der Waals surface area (Å²) in [5.41, 5.74) is 3.44. The number of H-pyrrole nitrogens is 1. The summed E-state index contributed by atoms with van der Waals surface area (Å²) in [6.07, 6.45) is 5.06. The Morgan fingerprint density at radius 3 is 2.86 bits per heavy atom. The first-order chi connectivity index (χ1) is 10.2. The molecule has 112 valence electrons. The van der Waals surface area contributed by atoms with E-state index in [-0.39, 0.29) is 5.91 Å². The van der Waals surface area contributed by atoms with Gasteiger partial charge in [0.15, 0.2) is 0 Å². The van der Waals surface area contributed by atoms with E-state index < -0.39 is 0 Å². The maximum atomic E-state index is 11.6. The number of hydrogen-bond donors (Lipinski definition) is 2. The summed E-state index contributed by atoms with van der Waals surface area (Å²) in [4.78, 5) is 17.3. The molecule has 3 rings (SSSR count). The molecule has 1 aliphatic rings. The van der Waals surface area contributed by atoms with Gasteiger partial charge in [0.05, 0.1) is 0 Å². The number of likely N-dealkylation sites (tertiary alicyclic amines) is 1. The van der Waals surface area contributed by atoms with Crippen LogP contribution in [0.5, 0.6) is 0 Å². The summed E-state index contributed by atoms with van der Waals surface area (Å²) in [7, 11) is 2.18. The molecule has 2 aromatic rings. The van der Waals surface area contributed by atoms with E-state index in [1.54, 1.807) is 0 Å². The molecule has 2 N–H and O–H groups in total. The number of hydrogen-bond acceptors (Lipinski definition) is 2. The van der Waals surface area contributed by atoms with Gasteiger partial charge in [-0.25, -0.2) is 0 Å². The van der Waals surface area contributed by atoms with Crippen molar-refractivity contribution < 1.29 is 4.79 Å². The molecule has 1 amide bonds. The number of piperidine rings is 1. The van der Waals surface area contributed by atoms with Gasteiger partial charge in [-0.2, -0.15) is 0 Å². The van der Waals surface area contributed by atoms with Crippen molar-refractivity contribution in [3.05, 3.63) is 30.0 Å². The highest BCUT2D eigenvalue weighted by molar-refractivity contribution is 5.94. The fourth-order valence-electron chi connectivity index (χ4n) is 3.13. The highest BCUT2D eigenvalue weighted by atomic mass is 16.1. The molecule has 0 spiro atoms. The fraction of sp³-hybridized carbons (Fsp3) is 0.471. The predicted octanol–water partition coefficient (Wildman–Crippen LogP) is 3.33. The monoisotopic (exact) mass is 285 g/mol. The molecule has 0 atom stereocenters. The first kappa shape index (κ1) is 14.1. The Morgan fingerprint density at radius 1 is 1.38 bits per heavy atom. The zero-order valence-electron chi connectivity index (χ0n) is 12.8. The molecule has 0 radical (unpaired) electrons. The van der Waals surface area contributed by atoms with Gasteiger partial charge in [-0.15, -0.1) is 0 Å². The molecule has 0 bridgehead atoms. The number of aromatic nitrogens is 1. The van der Waals surface area contributed by atoms with E-state index in [1.165, 1.54) is 23.8 Å². The van der Waals surface area contributed by atoms with Crippen molar-refractivity contribution in [3.8, 4) is 0 Å². The highest BCUT2D eigenvalue weighted by Crippen LogP contribution is 2.33. The molecule has 1 aromatic heterocycles. The number of carbonyl (C=O) groups is 1. The van der Waals surface area contributed by atoms with Crippen molar-refractivity contribution in [2.45, 2.75) is 32.1 Å². The van der Waals surface area contributed by atoms with Gasteiger partial charge >= 0.3 is 0 Å². The minimum Gasteiger partial charge on any atom is -0.361 e. The summed E-state index contributed by atoms with van der Waals surface area (Å²) >= 11 is 0. The summed E-state index contributed by atoms with van der Waals surface area (Å²) in [5, 5.41) is 4.20. The number of nitrogens with zero attached hydrogens (tertiary/aromatic N) is 1. The van der Waals surface area contributed by atoms with Crippen molar-refractivity contribution in [1.29, 1.82) is 0 Å². The first-order valence-corrected chi connectivity index (χ1v) is 7.77. The molecule has 2 heterocycles. The van der Waals surface area contributed by atoms with Gasteiger partial charge in [0.2, 0.25) is 5.91 Å². The third-order valence-electron chi connectivity index (χ3n) is 4.48. The molecular weight excluding hydrogens is 262 g/mol. The number of rotatable bonds is 3. The standard InChI is InChI=1S/C17H23N3O/c1-3-17(21)19-13-4-5-16-14(10-13)15(11-18-16)12-6-8-20(2)9-7-12/h4-5,10-12,18H,3,6-9H2,1-2H3,(H,19,21). The third-order valence-corrected chi connectivity index (χ3v) is 4.48. The molecule has 1 aromatic carbocycles. The van der Waals surface area contributed by atoms with Crippen LogP contribution in [0.2, 0.25) is 0 Å². The van der Waals surface area contributed by atoms with Crippen LogP contribution in [0.15, 0.2) is 24.4 Å². The maximum absolute atomic E-state index is 11.6. The lowest BCUT2D eigenvalue weighted by molar-refractivity contribution is -0.115. The largest absolute Gasteiger partial charge is 0.361 e. The Bertz CT molecular complexity index is 639. The van der Waals surface area contributed by atoms with Crippen LogP contribution in [0, 0.1) is 0 Å². The highest BCUT2D eigenvalue weighted by Gasteiger charge is 2.21. The zero-order valence-corrected chi connectivity index (χ0v) is 12.8. The second-order valence-corrected chi connectivity index (χ2v) is 5.98. The normalized spacial score (nSPS) is 17.2. The van der Waals surface area contributed by atoms with E-state index in [4.69, 9.17) is 0 Å². The Balaban J connectivity index is 1.88. The zero-order chi connectivity index (χ0) is 14.8. The second-order valence-electron chi connectivity index (χ2n) is 5.98. The van der Waals surface area contributed by atoms with Crippen LogP contribution >= 0.6 is 0 Å². The van der Waals surface area contributed by atoms with Gasteiger partial charge in [0.25, 0.3) is 0 Å². The van der Waals surface area contributed by atoms with Crippen LogP contribution in [0.3, 0.4) is 0 Å². The topological polar surface area (TPSA) is 48.1 Å². The lowest BCUT2D eigenvalue weighted by Gasteiger charge is -2.28. The summed E-state index contributed by atoms with van der Waals surface area (Å²) in [5.74, 6) is 0.679. The van der Waals surface area contributed by atoms with Crippen LogP contribution in [0.25, 0.3) is 10.9 Å². The number of anilines is 1. The molecule has 0 aliphatic carbocycles. The maximum Gasteiger partial charge on any atom is 0.224 e. The van der Waals surface area contributed by atoms with E-state index in [1.807, 2.05) is 13.0 Å². The molecule has 21 heavy (non-hydrogen) atoms. The van der Waals surface area contributed by atoms with E-state index in [2.05, 4.69) is 40.6 Å². The molecule has 4 nitrogen and oxygen atoms in total. The van der Waals surface area contributed by atoms with Crippen LogP contribution in [0.4, 0.5) is 5.69 Å². The van der Waals surface area contributed by atoms with Crippen LogP contribution in [0.1, 0.15) is 37.7 Å². The van der Waals surface area contributed by atoms with E-state index in [0.29, 0.717) is 12.3 Å². The van der Waals surface area contributed by atoms with Gasteiger partial charge in [-0.05, 0) is 62.7 Å².